The number of ether oxygens (including phenoxy) is 1. The highest BCUT2D eigenvalue weighted by Gasteiger charge is 2.24. The van der Waals surface area contributed by atoms with E-state index in [9.17, 15) is 0 Å². The maximum Gasteiger partial charge on any atom is 0.181 e. The minimum absolute atomic E-state index is 0.933. The minimum atomic E-state index is 0.933. The molecule has 1 aromatic rings. The van der Waals surface area contributed by atoms with Crippen molar-refractivity contribution in [3.63, 3.8) is 0 Å². The van der Waals surface area contributed by atoms with E-state index in [1.807, 2.05) is 0 Å². The first-order chi connectivity index (χ1) is 9.36. The number of nitrogens with one attached hydrogen (secondary N) is 1. The monoisotopic (exact) mass is 256 g/mol. The zero-order valence-corrected chi connectivity index (χ0v) is 11.7. The smallest absolute Gasteiger partial charge is 0.181 e. The molecular weight excluding hydrogens is 234 g/mol. The first kappa shape index (κ1) is 12.5. The van der Waals surface area contributed by atoms with Crippen LogP contribution in [0.2, 0.25) is 0 Å². The Morgan fingerprint density at radius 1 is 1.05 bits per heavy atom. The van der Waals surface area contributed by atoms with Crippen molar-refractivity contribution >= 4 is 5.71 Å². The normalized spacial score (nSPS) is 18.9. The standard InChI is InChI=1S/C17H21NO/c1-19-15-8-6-13(7-9-15)12-17-16-5-3-2-4-14(16)10-11-18-17/h6-9H,2-5,10-12H2,1H3/p+1. The van der Waals surface area contributed by atoms with Crippen LogP contribution in [0.3, 0.4) is 0 Å². The van der Waals surface area contributed by atoms with E-state index in [-0.39, 0.29) is 0 Å². The van der Waals surface area contributed by atoms with Crippen LogP contribution in [-0.2, 0) is 6.42 Å². The second-order valence-electron chi connectivity index (χ2n) is 5.47. The van der Waals surface area contributed by atoms with Gasteiger partial charge in [-0.05, 0) is 43.4 Å². The maximum atomic E-state index is 5.21. The van der Waals surface area contributed by atoms with Crippen molar-refractivity contribution in [1.29, 1.82) is 0 Å². The van der Waals surface area contributed by atoms with Crippen LogP contribution < -0.4 is 9.73 Å². The maximum absolute atomic E-state index is 5.21. The molecule has 2 aliphatic rings. The molecule has 3 rings (SSSR count). The summed E-state index contributed by atoms with van der Waals surface area (Å²) in [6.45, 7) is 1.12. The van der Waals surface area contributed by atoms with Gasteiger partial charge in [-0.2, -0.15) is 0 Å². The minimum Gasteiger partial charge on any atom is -0.497 e. The van der Waals surface area contributed by atoms with Gasteiger partial charge in [0.05, 0.1) is 13.5 Å². The molecule has 0 radical (unpaired) electrons. The molecule has 0 unspecified atom stereocenters. The van der Waals surface area contributed by atoms with Crippen LogP contribution in [0.1, 0.15) is 37.7 Å². The highest BCUT2D eigenvalue weighted by atomic mass is 16.5. The predicted octanol–water partition coefficient (Wildman–Crippen LogP) is 2.03. The third-order valence-electron chi connectivity index (χ3n) is 4.25. The number of methoxy groups -OCH3 is 1. The van der Waals surface area contributed by atoms with Gasteiger partial charge >= 0.3 is 0 Å². The predicted molar refractivity (Wildman–Crippen MR) is 77.6 cm³/mol. The Bertz CT molecular complexity index is 511. The Balaban J connectivity index is 1.78. The van der Waals surface area contributed by atoms with Gasteiger partial charge in [0.1, 0.15) is 12.3 Å². The zero-order chi connectivity index (χ0) is 13.1. The lowest BCUT2D eigenvalue weighted by atomic mass is 9.84. The van der Waals surface area contributed by atoms with Gasteiger partial charge in [-0.15, -0.1) is 0 Å². The molecule has 19 heavy (non-hydrogen) atoms. The lowest BCUT2D eigenvalue weighted by molar-refractivity contribution is -0.459. The Morgan fingerprint density at radius 3 is 2.63 bits per heavy atom. The van der Waals surface area contributed by atoms with Gasteiger partial charge in [-0.25, -0.2) is 4.99 Å². The van der Waals surface area contributed by atoms with Gasteiger partial charge < -0.3 is 4.74 Å². The van der Waals surface area contributed by atoms with E-state index in [0.717, 1.165) is 18.7 Å². The van der Waals surface area contributed by atoms with E-state index in [1.54, 1.807) is 18.3 Å². The highest BCUT2D eigenvalue weighted by molar-refractivity contribution is 5.98. The summed E-state index contributed by atoms with van der Waals surface area (Å²) in [5, 5.41) is 0. The number of hydrogen-bond donors (Lipinski definition) is 1. The van der Waals surface area contributed by atoms with E-state index in [2.05, 4.69) is 29.3 Å². The summed E-state index contributed by atoms with van der Waals surface area (Å²) in [6.07, 6.45) is 7.61. The molecule has 0 amide bonds. The van der Waals surface area contributed by atoms with Gasteiger partial charge in [0.2, 0.25) is 0 Å². The zero-order valence-electron chi connectivity index (χ0n) is 11.7. The molecule has 1 aliphatic carbocycles. The highest BCUT2D eigenvalue weighted by Crippen LogP contribution is 2.28. The first-order valence-electron chi connectivity index (χ1n) is 7.31. The number of hydrogen-bond acceptors (Lipinski definition) is 1. The quantitative estimate of drug-likeness (QED) is 0.879. The van der Waals surface area contributed by atoms with Crippen molar-refractivity contribution in [3.8, 4) is 5.75 Å². The average Bonchev–Trinajstić information content (AvgIpc) is 2.48. The SMILES string of the molecule is COc1ccc(CC2=[NH+]CCC3=C2CCCC3)cc1. The van der Waals surface area contributed by atoms with Crippen molar-refractivity contribution < 1.29 is 9.73 Å². The topological polar surface area (TPSA) is 23.2 Å². The van der Waals surface area contributed by atoms with E-state index in [4.69, 9.17) is 4.74 Å². The fourth-order valence-electron chi connectivity index (χ4n) is 3.20. The lowest BCUT2D eigenvalue weighted by Gasteiger charge is -2.21. The Morgan fingerprint density at radius 2 is 1.84 bits per heavy atom. The second kappa shape index (κ2) is 5.60. The fraction of sp³-hybridized carbons (Fsp3) is 0.471. The molecule has 2 heteroatoms. The Kier molecular flexibility index (Phi) is 3.67. The van der Waals surface area contributed by atoms with Crippen LogP contribution in [0, 0.1) is 0 Å². The summed E-state index contributed by atoms with van der Waals surface area (Å²) < 4.78 is 5.21. The summed E-state index contributed by atoms with van der Waals surface area (Å²) in [5.41, 5.74) is 6.18. The van der Waals surface area contributed by atoms with Crippen LogP contribution in [-0.4, -0.2) is 19.4 Å². The molecule has 2 nitrogen and oxygen atoms in total. The van der Waals surface area contributed by atoms with Crippen molar-refractivity contribution in [1.82, 2.24) is 0 Å². The molecule has 1 aliphatic heterocycles. The third-order valence-corrected chi connectivity index (χ3v) is 4.25. The first-order valence-corrected chi connectivity index (χ1v) is 7.31. The van der Waals surface area contributed by atoms with E-state index in [0.29, 0.717) is 0 Å². The van der Waals surface area contributed by atoms with Crippen molar-refractivity contribution in [3.05, 3.63) is 41.0 Å². The van der Waals surface area contributed by atoms with Gasteiger partial charge in [-0.3, -0.25) is 0 Å². The molecule has 1 N–H and O–H groups in total. The van der Waals surface area contributed by atoms with Crippen LogP contribution in [0.4, 0.5) is 0 Å². The van der Waals surface area contributed by atoms with Crippen molar-refractivity contribution in [2.75, 3.05) is 13.7 Å². The largest absolute Gasteiger partial charge is 0.497 e. The molecule has 0 spiro atoms. The van der Waals surface area contributed by atoms with Gasteiger partial charge in [0.15, 0.2) is 5.71 Å². The van der Waals surface area contributed by atoms with Crippen LogP contribution >= 0.6 is 0 Å². The summed E-state index contributed by atoms with van der Waals surface area (Å²) in [7, 11) is 1.71. The lowest BCUT2D eigenvalue weighted by Crippen LogP contribution is -2.75. The number of benzene rings is 1. The molecule has 100 valence electrons. The molecule has 0 atom stereocenters. The summed E-state index contributed by atoms with van der Waals surface area (Å²) >= 11 is 0. The fourth-order valence-corrected chi connectivity index (χ4v) is 3.20. The van der Waals surface area contributed by atoms with E-state index >= 15 is 0 Å². The molecular formula is C17H22NO+. The van der Waals surface area contributed by atoms with Crippen LogP contribution in [0.5, 0.6) is 5.75 Å². The Hall–Kier alpha value is -1.57. The van der Waals surface area contributed by atoms with Crippen LogP contribution in [0.25, 0.3) is 0 Å². The molecule has 1 heterocycles. The van der Waals surface area contributed by atoms with Crippen LogP contribution in [0.15, 0.2) is 35.4 Å². The van der Waals surface area contributed by atoms with Gasteiger partial charge in [-0.1, -0.05) is 17.7 Å². The molecule has 0 aromatic heterocycles. The molecule has 0 saturated carbocycles. The number of rotatable bonds is 3. The average molecular weight is 256 g/mol. The second-order valence-corrected chi connectivity index (χ2v) is 5.47. The summed E-state index contributed by atoms with van der Waals surface area (Å²) in [4.78, 5) is 3.62. The van der Waals surface area contributed by atoms with Crippen molar-refractivity contribution in [2.45, 2.75) is 38.5 Å². The molecule has 1 aromatic carbocycles. The third kappa shape index (κ3) is 2.73. The number of allylic oxidation sites excluding steroid dienone is 1. The molecule has 0 saturated heterocycles. The molecule has 0 fully saturated rings. The van der Waals surface area contributed by atoms with Gasteiger partial charge in [0, 0.05) is 12.0 Å². The van der Waals surface area contributed by atoms with E-state index in [1.165, 1.54) is 43.4 Å². The summed E-state index contributed by atoms with van der Waals surface area (Å²) in [6, 6.07) is 8.44. The Labute approximate surface area is 115 Å². The molecule has 0 bridgehead atoms. The van der Waals surface area contributed by atoms with E-state index < -0.39 is 0 Å². The van der Waals surface area contributed by atoms with Gasteiger partial charge in [0.25, 0.3) is 0 Å². The summed E-state index contributed by atoms with van der Waals surface area (Å²) in [5.74, 6) is 0.933. The van der Waals surface area contributed by atoms with Crippen molar-refractivity contribution in [2.24, 2.45) is 0 Å².